The fraction of sp³-hybridized carbons (Fsp3) is 0. The van der Waals surface area contributed by atoms with E-state index >= 15 is 0 Å². The van der Waals surface area contributed by atoms with E-state index in [0.29, 0.717) is 27.9 Å². The minimum atomic E-state index is -5.05. The van der Waals surface area contributed by atoms with E-state index in [2.05, 4.69) is 34.2 Å². The summed E-state index contributed by atoms with van der Waals surface area (Å²) in [5.74, 6) is 0. The molecule has 7 aromatic rings. The average molecular weight is 750 g/mol. The Hall–Kier alpha value is -6.09. The van der Waals surface area contributed by atoms with E-state index in [1.807, 2.05) is 133 Å². The Bertz CT molecular complexity index is 2850. The van der Waals surface area contributed by atoms with Gasteiger partial charge in [0.05, 0.1) is 33.2 Å². The van der Waals surface area contributed by atoms with E-state index in [9.17, 15) is 13.0 Å². The average Bonchev–Trinajstić information content (AvgIpc) is 3.96. The van der Waals surface area contributed by atoms with Crippen LogP contribution < -0.4 is 0 Å². The molecular formula is C44H29FeN4O3S-. The molecule has 53 heavy (non-hydrogen) atoms. The first kappa shape index (κ1) is 34.0. The molecule has 0 radical (unpaired) electrons. The van der Waals surface area contributed by atoms with Gasteiger partial charge in [0, 0.05) is 55.9 Å². The number of hydrogen-bond acceptors (Lipinski definition) is 5. The van der Waals surface area contributed by atoms with Crippen molar-refractivity contribution in [3.63, 3.8) is 0 Å². The summed E-state index contributed by atoms with van der Waals surface area (Å²) in [7, 11) is -5.05. The molecule has 0 saturated carbocycles. The van der Waals surface area contributed by atoms with Gasteiger partial charge in [-0.1, -0.05) is 121 Å². The molecule has 0 fully saturated rings. The van der Waals surface area contributed by atoms with Crippen LogP contribution in [0.15, 0.2) is 152 Å². The third-order valence-corrected chi connectivity index (χ3v) is 10.2. The van der Waals surface area contributed by atoms with E-state index < -0.39 is 10.1 Å². The molecule has 7 nitrogen and oxygen atoms in total. The summed E-state index contributed by atoms with van der Waals surface area (Å²) in [5, 5.41) is 0. The summed E-state index contributed by atoms with van der Waals surface area (Å²) in [4.78, 5) is 16.8. The number of aromatic nitrogens is 4. The molecule has 0 spiro atoms. The topological polar surface area (TPSA) is 115 Å². The number of H-pyrrole nitrogens is 2. The van der Waals surface area contributed by atoms with Crippen LogP contribution in [0.2, 0.25) is 0 Å². The molecule has 2 N–H and O–H groups in total. The molecule has 0 aliphatic carbocycles. The molecule has 0 saturated heterocycles. The molecule has 5 heterocycles. The summed E-state index contributed by atoms with van der Waals surface area (Å²) in [6, 6.07) is 48.4. The van der Waals surface area contributed by atoms with Gasteiger partial charge in [-0.15, -0.1) is 0 Å². The number of nitrogens with one attached hydrogen (secondary N) is 2. The van der Waals surface area contributed by atoms with Crippen LogP contribution in [0, 0.1) is 0 Å². The van der Waals surface area contributed by atoms with Crippen LogP contribution >= 0.6 is 0 Å². The first-order valence-electron chi connectivity index (χ1n) is 16.8. The third-order valence-electron chi connectivity index (χ3n) is 9.25. The van der Waals surface area contributed by atoms with Crippen LogP contribution in [-0.4, -0.2) is 32.9 Å². The molecule has 258 valence electrons. The summed E-state index contributed by atoms with van der Waals surface area (Å²) in [5.41, 5.74) is 10.8. The summed E-state index contributed by atoms with van der Waals surface area (Å²) in [6.45, 7) is 0. The van der Waals surface area contributed by atoms with Gasteiger partial charge in [0.2, 0.25) is 0 Å². The Balaban J connectivity index is 0.00000400. The number of rotatable bonds is 5. The van der Waals surface area contributed by atoms with Crippen molar-refractivity contribution in [3.8, 4) is 33.4 Å². The predicted molar refractivity (Wildman–Crippen MR) is 208 cm³/mol. The van der Waals surface area contributed by atoms with Crippen molar-refractivity contribution in [2.24, 2.45) is 0 Å². The minimum absolute atomic E-state index is 0. The molecule has 0 unspecified atom stereocenters. The zero-order valence-corrected chi connectivity index (χ0v) is 29.9. The Labute approximate surface area is 316 Å². The van der Waals surface area contributed by atoms with Crippen LogP contribution in [0.5, 0.6) is 0 Å². The van der Waals surface area contributed by atoms with Gasteiger partial charge in [-0.2, -0.15) is 0 Å². The van der Waals surface area contributed by atoms with Crippen molar-refractivity contribution in [1.29, 1.82) is 0 Å². The normalized spacial score (nSPS) is 12.5. The van der Waals surface area contributed by atoms with Gasteiger partial charge in [-0.3, -0.25) is 0 Å². The summed E-state index contributed by atoms with van der Waals surface area (Å²) < 4.78 is 40.3. The van der Waals surface area contributed by atoms with Crippen molar-refractivity contribution in [3.05, 3.63) is 180 Å². The Kier molecular flexibility index (Phi) is 8.86. The molecule has 2 aliphatic heterocycles. The SMILES string of the molecule is O=S(=O)([O-])C1=C(c2ccccc2)c2nc1cc1ccc(cc3nc(cc4[nH]c(c2-c2ccccc2)c(-c2ccccc2)c4-c2ccccc2)C=C3)[nH]1.[Fe]. The second-order valence-electron chi connectivity index (χ2n) is 12.6. The van der Waals surface area contributed by atoms with E-state index in [4.69, 9.17) is 9.97 Å². The first-order chi connectivity index (χ1) is 25.4. The number of nitrogens with zero attached hydrogens (tertiary/aromatic N) is 2. The number of fused-ring (bicyclic) bond motifs is 8. The van der Waals surface area contributed by atoms with Crippen LogP contribution in [0.1, 0.15) is 28.3 Å². The largest absolute Gasteiger partial charge is 0.744 e. The minimum Gasteiger partial charge on any atom is -0.744 e. The number of aromatic amines is 2. The monoisotopic (exact) mass is 749 g/mol. The van der Waals surface area contributed by atoms with Gasteiger partial charge in [0.25, 0.3) is 0 Å². The second kappa shape index (κ2) is 13.8. The smallest absolute Gasteiger partial charge is 0.127 e. The fourth-order valence-corrected chi connectivity index (χ4v) is 7.92. The van der Waals surface area contributed by atoms with Crippen molar-refractivity contribution >= 4 is 54.8 Å². The van der Waals surface area contributed by atoms with E-state index in [1.54, 1.807) is 6.07 Å². The number of hydrogen-bond donors (Lipinski definition) is 2. The summed E-state index contributed by atoms with van der Waals surface area (Å²) >= 11 is 0. The van der Waals surface area contributed by atoms with Gasteiger partial charge in [-0.25, -0.2) is 18.4 Å². The standard InChI is InChI=1S/C44H30N4O3S.Fe/c49-52(50,51)44-37-27-35-24-22-33(46-35)25-32-21-23-34(45-32)26-36-38(28-13-5-1-6-14-28)39(29-15-7-2-8-16-29)42(47-36)40(30-17-9-3-10-18-30)43(48-37)41(44)31-19-11-4-12-20-31;/h1-27,46-47H,(H,49,50,51);/p-1. The molecule has 3 aromatic heterocycles. The maximum Gasteiger partial charge on any atom is 0.127 e. The van der Waals surface area contributed by atoms with Gasteiger partial charge >= 0.3 is 0 Å². The molecule has 0 atom stereocenters. The van der Waals surface area contributed by atoms with Crippen molar-refractivity contribution < 1.29 is 30.0 Å². The molecule has 4 aromatic carbocycles. The Morgan fingerprint density at radius 2 is 1.00 bits per heavy atom. The van der Waals surface area contributed by atoms with Crippen LogP contribution in [0.4, 0.5) is 0 Å². The van der Waals surface area contributed by atoms with Crippen LogP contribution in [0.25, 0.3) is 78.1 Å². The van der Waals surface area contributed by atoms with Gasteiger partial charge in [-0.05, 0) is 64.7 Å². The summed E-state index contributed by atoms with van der Waals surface area (Å²) in [6.07, 6.45) is 3.95. The predicted octanol–water partition coefficient (Wildman–Crippen LogP) is 9.95. The quantitative estimate of drug-likeness (QED) is 0.134. The van der Waals surface area contributed by atoms with E-state index in [-0.39, 0.29) is 33.2 Å². The van der Waals surface area contributed by atoms with E-state index in [0.717, 1.165) is 50.2 Å². The Morgan fingerprint density at radius 3 is 1.57 bits per heavy atom. The Morgan fingerprint density at radius 1 is 0.509 bits per heavy atom. The molecule has 9 rings (SSSR count). The van der Waals surface area contributed by atoms with Gasteiger partial charge < -0.3 is 14.5 Å². The number of benzene rings is 4. The zero-order chi connectivity index (χ0) is 35.2. The molecule has 2 aliphatic rings. The maximum absolute atomic E-state index is 13.4. The molecule has 9 heteroatoms. The van der Waals surface area contributed by atoms with Crippen LogP contribution in [-0.2, 0) is 27.2 Å². The fourth-order valence-electron chi connectivity index (χ4n) is 7.09. The van der Waals surface area contributed by atoms with Gasteiger partial charge in [0.1, 0.15) is 10.1 Å². The van der Waals surface area contributed by atoms with Crippen molar-refractivity contribution in [2.75, 3.05) is 0 Å². The van der Waals surface area contributed by atoms with Gasteiger partial charge in [0.15, 0.2) is 0 Å². The van der Waals surface area contributed by atoms with Crippen molar-refractivity contribution in [1.82, 2.24) is 19.9 Å². The zero-order valence-electron chi connectivity index (χ0n) is 28.0. The van der Waals surface area contributed by atoms with Crippen LogP contribution in [0.3, 0.4) is 0 Å². The molecule has 8 bridgehead atoms. The third kappa shape index (κ3) is 6.37. The molecule has 0 amide bonds. The maximum atomic E-state index is 13.4. The van der Waals surface area contributed by atoms with E-state index in [1.165, 1.54) is 0 Å². The first-order valence-corrected chi connectivity index (χ1v) is 18.2. The second-order valence-corrected chi connectivity index (χ2v) is 13.9. The molecular weight excluding hydrogens is 720 g/mol. The van der Waals surface area contributed by atoms with Crippen molar-refractivity contribution in [2.45, 2.75) is 0 Å².